The molecule has 0 aromatic carbocycles. The Balaban J connectivity index is 2.53. The fourth-order valence-electron chi connectivity index (χ4n) is 2.18. The van der Waals surface area contributed by atoms with E-state index < -0.39 is 42.5 Å². The van der Waals surface area contributed by atoms with E-state index in [0.717, 1.165) is 6.20 Å². The van der Waals surface area contributed by atoms with Gasteiger partial charge in [0.1, 0.15) is 24.7 Å². The van der Waals surface area contributed by atoms with Gasteiger partial charge in [0.25, 0.3) is 0 Å². The fourth-order valence-corrected chi connectivity index (χ4v) is 2.18. The highest BCUT2D eigenvalue weighted by molar-refractivity contribution is 5.24. The molecule has 0 bridgehead atoms. The number of hydrogen-bond donors (Lipinski definition) is 4. The van der Waals surface area contributed by atoms with Crippen molar-refractivity contribution in [3.8, 4) is 11.8 Å². The first kappa shape index (κ1) is 16.3. The van der Waals surface area contributed by atoms with Gasteiger partial charge in [0.2, 0.25) is 5.60 Å². The monoisotopic (exact) mass is 314 g/mol. The van der Waals surface area contributed by atoms with Crippen LogP contribution in [0.3, 0.4) is 0 Å². The Labute approximate surface area is 124 Å². The second kappa shape index (κ2) is 5.98. The van der Waals surface area contributed by atoms with Gasteiger partial charge in [-0.15, -0.1) is 0 Å². The first-order valence-corrected chi connectivity index (χ1v) is 6.32. The quantitative estimate of drug-likeness (QED) is 0.441. The van der Waals surface area contributed by atoms with Crippen molar-refractivity contribution in [3.63, 3.8) is 0 Å². The van der Waals surface area contributed by atoms with Gasteiger partial charge in [-0.1, -0.05) is 11.8 Å². The number of anilines is 1. The zero-order chi connectivity index (χ0) is 16.5. The number of aromatic nitrogens is 3. The molecule has 2 heterocycles. The van der Waals surface area contributed by atoms with Gasteiger partial charge < -0.3 is 25.8 Å². The number of halogens is 1. The number of nitrogen functional groups attached to an aromatic ring is 1. The third kappa shape index (κ3) is 2.67. The summed E-state index contributed by atoms with van der Waals surface area (Å²) in [7, 11) is 0. The Morgan fingerprint density at radius 2 is 2.36 bits per heavy atom. The van der Waals surface area contributed by atoms with Crippen LogP contribution in [0.2, 0.25) is 0 Å². The predicted octanol–water partition coefficient (Wildman–Crippen LogP) is -2.44. The molecule has 0 saturated carbocycles. The Bertz CT molecular complexity index is 669. The van der Waals surface area contributed by atoms with E-state index in [0.29, 0.717) is 4.68 Å². The molecule has 0 radical (unpaired) electrons. The van der Waals surface area contributed by atoms with E-state index >= 15 is 0 Å². The van der Waals surface area contributed by atoms with Crippen molar-refractivity contribution in [2.24, 2.45) is 0 Å². The Hall–Kier alpha value is -2.06. The van der Waals surface area contributed by atoms with Crippen LogP contribution in [0, 0.1) is 11.8 Å². The molecule has 5 N–H and O–H groups in total. The molecule has 1 saturated heterocycles. The molecule has 1 aliphatic rings. The van der Waals surface area contributed by atoms with Crippen LogP contribution in [0.4, 0.5) is 10.2 Å². The average molecular weight is 314 g/mol. The average Bonchev–Trinajstić information content (AvgIpc) is 2.70. The summed E-state index contributed by atoms with van der Waals surface area (Å²) in [5.74, 6) is 3.95. The van der Waals surface area contributed by atoms with E-state index in [1.165, 1.54) is 6.92 Å². The summed E-state index contributed by atoms with van der Waals surface area (Å²) in [6.07, 6.45) is -4.67. The van der Waals surface area contributed by atoms with Crippen LogP contribution < -0.4 is 11.4 Å². The van der Waals surface area contributed by atoms with Crippen LogP contribution in [-0.4, -0.2) is 60.7 Å². The largest absolute Gasteiger partial charge is 0.391 e. The van der Waals surface area contributed by atoms with Crippen molar-refractivity contribution in [2.75, 3.05) is 12.4 Å². The summed E-state index contributed by atoms with van der Waals surface area (Å²) in [5, 5.41) is 33.9. The lowest BCUT2D eigenvalue weighted by atomic mass is 9.93. The molecule has 1 aliphatic heterocycles. The van der Waals surface area contributed by atoms with E-state index in [2.05, 4.69) is 16.0 Å². The van der Waals surface area contributed by atoms with Gasteiger partial charge in [0, 0.05) is 0 Å². The van der Waals surface area contributed by atoms with E-state index in [9.17, 15) is 24.5 Å². The lowest BCUT2D eigenvalue weighted by molar-refractivity contribution is -0.0946. The highest BCUT2D eigenvalue weighted by Gasteiger charge is 2.57. The normalized spacial score (nSPS) is 32.3. The van der Waals surface area contributed by atoms with Crippen molar-refractivity contribution in [1.82, 2.24) is 14.8 Å². The van der Waals surface area contributed by atoms with Crippen molar-refractivity contribution in [1.29, 1.82) is 0 Å². The number of hydrogen-bond acceptors (Lipinski definition) is 8. The van der Waals surface area contributed by atoms with Crippen LogP contribution in [-0.2, 0) is 4.74 Å². The van der Waals surface area contributed by atoms with Gasteiger partial charge in [-0.05, 0) is 6.92 Å². The minimum Gasteiger partial charge on any atom is -0.391 e. The van der Waals surface area contributed by atoms with Gasteiger partial charge in [0.05, 0.1) is 12.3 Å². The summed E-state index contributed by atoms with van der Waals surface area (Å²) in [6, 6.07) is 0. The van der Waals surface area contributed by atoms with Crippen LogP contribution in [0.25, 0.3) is 0 Å². The molecule has 1 unspecified atom stereocenters. The summed E-state index contributed by atoms with van der Waals surface area (Å²) < 4.78 is 18.2. The molecule has 1 fully saturated rings. The first-order valence-electron chi connectivity index (χ1n) is 6.32. The predicted molar refractivity (Wildman–Crippen MR) is 71.0 cm³/mol. The van der Waals surface area contributed by atoms with Crippen molar-refractivity contribution in [3.05, 3.63) is 16.7 Å². The van der Waals surface area contributed by atoms with Crippen LogP contribution in [0.1, 0.15) is 13.2 Å². The minimum absolute atomic E-state index is 0.148. The Morgan fingerprint density at radius 3 is 2.91 bits per heavy atom. The van der Waals surface area contributed by atoms with Crippen molar-refractivity contribution in [2.45, 2.75) is 37.1 Å². The second-order valence-corrected chi connectivity index (χ2v) is 4.81. The SMILES string of the molecule is C[C@H](O)[C@H]1O[C@@H](n2ncc(N)nc2=O)[C@@](O)(C#CCF)C1O. The fraction of sp³-hybridized carbons (Fsp3) is 0.583. The summed E-state index contributed by atoms with van der Waals surface area (Å²) in [4.78, 5) is 15.2. The number of nitrogens with zero attached hydrogens (tertiary/aromatic N) is 3. The van der Waals surface area contributed by atoms with E-state index in [4.69, 9.17) is 10.5 Å². The maximum atomic E-state index is 12.3. The molecule has 0 spiro atoms. The van der Waals surface area contributed by atoms with Crippen LogP contribution >= 0.6 is 0 Å². The maximum absolute atomic E-state index is 12.3. The molecular weight excluding hydrogens is 299 g/mol. The third-order valence-electron chi connectivity index (χ3n) is 3.21. The third-order valence-corrected chi connectivity index (χ3v) is 3.21. The van der Waals surface area contributed by atoms with E-state index in [-0.39, 0.29) is 5.82 Å². The van der Waals surface area contributed by atoms with E-state index in [1.54, 1.807) is 0 Å². The van der Waals surface area contributed by atoms with Crippen molar-refractivity contribution >= 4 is 5.82 Å². The highest BCUT2D eigenvalue weighted by atomic mass is 19.1. The topological polar surface area (TPSA) is 144 Å². The number of aliphatic hydroxyl groups excluding tert-OH is 2. The number of aliphatic hydroxyl groups is 3. The molecule has 1 aromatic heterocycles. The minimum atomic E-state index is -2.34. The summed E-state index contributed by atoms with van der Waals surface area (Å²) in [5.41, 5.74) is 2.02. The number of alkyl halides is 1. The number of rotatable bonds is 2. The summed E-state index contributed by atoms with van der Waals surface area (Å²) in [6.45, 7) is 0.236. The lowest BCUT2D eigenvalue weighted by Crippen LogP contribution is -2.49. The maximum Gasteiger partial charge on any atom is 0.368 e. The standard InChI is InChI=1S/C12H15FN4O5/c1-6(18)8-9(19)12(21,3-2-4-13)10(22-8)17-11(20)16-7(14)5-15-17/h5-6,8-10,18-19,21H,4H2,1H3,(H2,14,16,20)/t6-,8+,9?,10+,12+/m0/s1. The molecule has 5 atom stereocenters. The van der Waals surface area contributed by atoms with Gasteiger partial charge in [-0.25, -0.2) is 9.18 Å². The molecule has 120 valence electrons. The Kier molecular flexibility index (Phi) is 4.43. The molecule has 0 aliphatic carbocycles. The van der Waals surface area contributed by atoms with Gasteiger partial charge in [0.15, 0.2) is 6.23 Å². The second-order valence-electron chi connectivity index (χ2n) is 4.81. The van der Waals surface area contributed by atoms with E-state index in [1.807, 2.05) is 5.92 Å². The van der Waals surface area contributed by atoms with Gasteiger partial charge >= 0.3 is 5.69 Å². The van der Waals surface area contributed by atoms with Gasteiger partial charge in [-0.2, -0.15) is 14.8 Å². The Morgan fingerprint density at radius 1 is 1.68 bits per heavy atom. The molecule has 2 rings (SSSR count). The molecule has 1 aromatic rings. The van der Waals surface area contributed by atoms with Crippen LogP contribution in [0.15, 0.2) is 11.0 Å². The molecule has 22 heavy (non-hydrogen) atoms. The number of nitrogens with two attached hydrogens (primary N) is 1. The molecule has 10 heteroatoms. The van der Waals surface area contributed by atoms with Gasteiger partial charge in [-0.3, -0.25) is 0 Å². The molecule has 9 nitrogen and oxygen atoms in total. The zero-order valence-electron chi connectivity index (χ0n) is 11.5. The molecule has 0 amide bonds. The summed E-state index contributed by atoms with van der Waals surface area (Å²) >= 11 is 0. The number of ether oxygens (including phenoxy) is 1. The highest BCUT2D eigenvalue weighted by Crippen LogP contribution is 2.38. The zero-order valence-corrected chi connectivity index (χ0v) is 11.5. The van der Waals surface area contributed by atoms with Crippen LogP contribution in [0.5, 0.6) is 0 Å². The smallest absolute Gasteiger partial charge is 0.368 e. The first-order chi connectivity index (χ1) is 10.3. The lowest BCUT2D eigenvalue weighted by Gasteiger charge is -2.25. The molecular formula is C12H15FN4O5. The van der Waals surface area contributed by atoms with Crippen molar-refractivity contribution < 1.29 is 24.4 Å².